The fraction of sp³-hybridized carbons (Fsp3) is 0.429. The van der Waals surface area contributed by atoms with Crippen LogP contribution < -0.4 is 15.8 Å². The van der Waals surface area contributed by atoms with E-state index in [0.29, 0.717) is 33.6 Å². The number of amides is 1. The predicted octanol–water partition coefficient (Wildman–Crippen LogP) is 3.58. The zero-order chi connectivity index (χ0) is 21.8. The quantitative estimate of drug-likeness (QED) is 0.394. The first-order chi connectivity index (χ1) is 15.0. The average molecular weight is 478 g/mol. The van der Waals surface area contributed by atoms with E-state index in [2.05, 4.69) is 20.2 Å². The Kier molecular flexibility index (Phi) is 7.14. The summed E-state index contributed by atoms with van der Waals surface area (Å²) in [5.74, 6) is 0.105. The molecule has 1 amide bonds. The summed E-state index contributed by atoms with van der Waals surface area (Å²) in [6.07, 6.45) is 3.03. The molecule has 1 fully saturated rings. The van der Waals surface area contributed by atoms with Gasteiger partial charge >= 0.3 is 0 Å². The Morgan fingerprint density at radius 3 is 2.68 bits per heavy atom. The molecule has 0 radical (unpaired) electrons. The summed E-state index contributed by atoms with van der Waals surface area (Å²) in [6, 6.07) is 7.58. The highest BCUT2D eigenvalue weighted by Gasteiger charge is 2.20. The lowest BCUT2D eigenvalue weighted by Gasteiger charge is -2.11. The molecule has 4 rings (SSSR count). The van der Waals surface area contributed by atoms with Gasteiger partial charge in [0.05, 0.1) is 5.75 Å². The maximum atomic E-state index is 13.0. The number of fused-ring (bicyclic) bond motifs is 1. The second-order valence-electron chi connectivity index (χ2n) is 7.30. The van der Waals surface area contributed by atoms with E-state index in [1.54, 1.807) is 4.57 Å². The van der Waals surface area contributed by atoms with Crippen LogP contribution in [0.1, 0.15) is 25.3 Å². The van der Waals surface area contributed by atoms with Gasteiger partial charge in [0.25, 0.3) is 5.56 Å². The van der Waals surface area contributed by atoms with Crippen LogP contribution in [0.15, 0.2) is 34.2 Å². The Morgan fingerprint density at radius 1 is 1.23 bits per heavy atom. The number of halogens is 1. The molecule has 0 saturated carbocycles. The van der Waals surface area contributed by atoms with Gasteiger partial charge in [0.2, 0.25) is 5.91 Å². The van der Waals surface area contributed by atoms with Crippen molar-refractivity contribution in [2.75, 3.05) is 30.3 Å². The average Bonchev–Trinajstić information content (AvgIpc) is 3.44. The normalized spacial score (nSPS) is 13.8. The van der Waals surface area contributed by atoms with E-state index < -0.39 is 0 Å². The number of thiazole rings is 1. The van der Waals surface area contributed by atoms with E-state index in [4.69, 9.17) is 11.6 Å². The minimum absolute atomic E-state index is 0.0823. The lowest BCUT2D eigenvalue weighted by atomic mass is 10.1. The Hall–Kier alpha value is -2.10. The van der Waals surface area contributed by atoms with Crippen molar-refractivity contribution < 1.29 is 4.79 Å². The molecule has 3 heterocycles. The van der Waals surface area contributed by atoms with Gasteiger partial charge in [-0.1, -0.05) is 46.8 Å². The van der Waals surface area contributed by atoms with Gasteiger partial charge in [-0.2, -0.15) is 4.98 Å². The van der Waals surface area contributed by atoms with Crippen molar-refractivity contribution in [3.05, 3.63) is 45.2 Å². The van der Waals surface area contributed by atoms with Gasteiger partial charge in [-0.3, -0.25) is 14.2 Å². The first-order valence-corrected chi connectivity index (χ1v) is 12.5. The van der Waals surface area contributed by atoms with Gasteiger partial charge in [-0.15, -0.1) is 0 Å². The molecule has 1 aliphatic heterocycles. The van der Waals surface area contributed by atoms with Gasteiger partial charge in [-0.25, -0.2) is 4.98 Å². The number of nitrogens with zero attached hydrogens (tertiary/aromatic N) is 4. The van der Waals surface area contributed by atoms with Crippen LogP contribution in [0.4, 0.5) is 5.13 Å². The van der Waals surface area contributed by atoms with Crippen molar-refractivity contribution in [3.8, 4) is 0 Å². The summed E-state index contributed by atoms with van der Waals surface area (Å²) < 4.78 is 2.21. The smallest absolute Gasteiger partial charge is 0.273 e. The summed E-state index contributed by atoms with van der Waals surface area (Å²) in [6.45, 7) is 4.89. The van der Waals surface area contributed by atoms with Gasteiger partial charge in [0, 0.05) is 31.2 Å². The number of hydrogen-bond donors (Lipinski definition) is 1. The number of carbonyl (C=O) groups is 1. The molecule has 31 heavy (non-hydrogen) atoms. The van der Waals surface area contributed by atoms with Crippen molar-refractivity contribution >= 4 is 56.1 Å². The summed E-state index contributed by atoms with van der Waals surface area (Å²) in [4.78, 5) is 36.7. The topological polar surface area (TPSA) is 80.1 Å². The van der Waals surface area contributed by atoms with E-state index in [0.717, 1.165) is 43.0 Å². The highest BCUT2D eigenvalue weighted by Crippen LogP contribution is 2.29. The molecule has 3 aromatic rings. The van der Waals surface area contributed by atoms with Crippen molar-refractivity contribution in [2.24, 2.45) is 0 Å². The minimum atomic E-state index is -0.0907. The molecule has 10 heteroatoms. The molecule has 7 nitrogen and oxygen atoms in total. The zero-order valence-electron chi connectivity index (χ0n) is 17.3. The number of hydrogen-bond acceptors (Lipinski definition) is 7. The third kappa shape index (κ3) is 5.22. The molecule has 0 bridgehead atoms. The largest absolute Gasteiger partial charge is 0.355 e. The third-order valence-electron chi connectivity index (χ3n) is 5.14. The number of rotatable bonds is 8. The van der Waals surface area contributed by atoms with Crippen LogP contribution in [0.3, 0.4) is 0 Å². The first kappa shape index (κ1) is 22.1. The number of thioether (sulfide) groups is 1. The number of benzene rings is 1. The Balaban J connectivity index is 1.40. The van der Waals surface area contributed by atoms with Crippen LogP contribution in [-0.2, 0) is 17.8 Å². The highest BCUT2D eigenvalue weighted by molar-refractivity contribution is 7.99. The van der Waals surface area contributed by atoms with Crippen molar-refractivity contribution in [1.29, 1.82) is 0 Å². The van der Waals surface area contributed by atoms with Gasteiger partial charge in [-0.05, 0) is 43.9 Å². The minimum Gasteiger partial charge on any atom is -0.355 e. The van der Waals surface area contributed by atoms with E-state index in [9.17, 15) is 9.59 Å². The second-order valence-corrected chi connectivity index (χ2v) is 9.66. The van der Waals surface area contributed by atoms with E-state index in [1.165, 1.54) is 23.1 Å². The van der Waals surface area contributed by atoms with Crippen LogP contribution in [0.5, 0.6) is 0 Å². The van der Waals surface area contributed by atoms with Crippen LogP contribution in [0.25, 0.3) is 10.3 Å². The Labute approximate surface area is 193 Å². The molecule has 1 N–H and O–H groups in total. The van der Waals surface area contributed by atoms with Crippen LogP contribution in [0, 0.1) is 0 Å². The molecule has 1 aromatic carbocycles. The Bertz CT molecular complexity index is 1120. The number of aromatic nitrogens is 3. The molecule has 1 saturated heterocycles. The summed E-state index contributed by atoms with van der Waals surface area (Å²) in [5, 5.41) is 5.01. The van der Waals surface area contributed by atoms with Crippen molar-refractivity contribution in [1.82, 2.24) is 19.9 Å². The molecule has 2 aromatic heterocycles. The van der Waals surface area contributed by atoms with Crippen molar-refractivity contribution in [2.45, 2.75) is 37.9 Å². The van der Waals surface area contributed by atoms with Crippen molar-refractivity contribution in [3.63, 3.8) is 0 Å². The third-order valence-corrected chi connectivity index (χ3v) is 7.47. The number of carbonyl (C=O) groups excluding carboxylic acids is 1. The summed E-state index contributed by atoms with van der Waals surface area (Å²) >= 11 is 8.58. The lowest BCUT2D eigenvalue weighted by molar-refractivity contribution is -0.118. The van der Waals surface area contributed by atoms with Crippen LogP contribution in [-0.4, -0.2) is 45.8 Å². The standard InChI is InChI=1S/C21H24ClN5O2S2/c1-2-27-19(29)17-18(24-20(31-17)26-11-3-4-12-26)25-21(27)30-13-16(28)23-10-9-14-5-7-15(22)8-6-14/h5-8H,2-4,9-13H2,1H3,(H,23,28). The van der Waals surface area contributed by atoms with Crippen LogP contribution in [0.2, 0.25) is 5.02 Å². The molecular weight excluding hydrogens is 454 g/mol. The lowest BCUT2D eigenvalue weighted by Crippen LogP contribution is -2.28. The first-order valence-electron chi connectivity index (χ1n) is 10.4. The second kappa shape index (κ2) is 10.0. The molecule has 0 spiro atoms. The SMILES string of the molecule is CCn1c(SCC(=O)NCCc2ccc(Cl)cc2)nc2nc(N3CCCC3)sc2c1=O. The molecule has 1 aliphatic rings. The summed E-state index contributed by atoms with van der Waals surface area (Å²) in [5.41, 5.74) is 1.51. The maximum absolute atomic E-state index is 13.0. The highest BCUT2D eigenvalue weighted by atomic mass is 35.5. The van der Waals surface area contributed by atoms with E-state index in [-0.39, 0.29) is 17.2 Å². The van der Waals surface area contributed by atoms with Gasteiger partial charge in [0.15, 0.2) is 15.9 Å². The van der Waals surface area contributed by atoms with Crippen LogP contribution >= 0.6 is 34.7 Å². The molecule has 164 valence electrons. The monoisotopic (exact) mass is 477 g/mol. The molecular formula is C21H24ClN5O2S2. The fourth-order valence-corrected chi connectivity index (χ4v) is 5.50. The zero-order valence-corrected chi connectivity index (χ0v) is 19.7. The molecule has 0 unspecified atom stereocenters. The molecule has 0 atom stereocenters. The predicted molar refractivity (Wildman–Crippen MR) is 128 cm³/mol. The maximum Gasteiger partial charge on any atom is 0.273 e. The van der Waals surface area contributed by atoms with Gasteiger partial charge < -0.3 is 10.2 Å². The molecule has 0 aliphatic carbocycles. The number of anilines is 1. The fourth-order valence-electron chi connectivity index (χ4n) is 3.49. The Morgan fingerprint density at radius 2 is 1.97 bits per heavy atom. The summed E-state index contributed by atoms with van der Waals surface area (Å²) in [7, 11) is 0. The van der Waals surface area contributed by atoms with E-state index >= 15 is 0 Å². The van der Waals surface area contributed by atoms with Gasteiger partial charge in [0.1, 0.15) is 4.70 Å². The number of nitrogens with one attached hydrogen (secondary N) is 1. The van der Waals surface area contributed by atoms with E-state index in [1.807, 2.05) is 31.2 Å².